The summed E-state index contributed by atoms with van der Waals surface area (Å²) in [5.41, 5.74) is 0. The van der Waals surface area contributed by atoms with Crippen LogP contribution >= 0.6 is 0 Å². The Kier molecular flexibility index (Phi) is 3.53. The number of esters is 1. The number of carbonyl (C=O) groups excluding carboxylic acids is 1. The molecule has 0 aromatic heterocycles. The number of methoxy groups -OCH3 is 1. The van der Waals surface area contributed by atoms with Crippen molar-refractivity contribution in [1.29, 1.82) is 0 Å². The lowest BCUT2D eigenvalue weighted by molar-refractivity contribution is -0.142. The van der Waals surface area contributed by atoms with Gasteiger partial charge in [-0.15, -0.1) is 0 Å². The van der Waals surface area contributed by atoms with E-state index in [-0.39, 0.29) is 5.97 Å². The van der Waals surface area contributed by atoms with Crippen LogP contribution in [0.15, 0.2) is 0 Å². The van der Waals surface area contributed by atoms with E-state index in [2.05, 4.69) is 16.7 Å². The molecule has 0 radical (unpaired) electrons. The molecule has 1 aliphatic rings. The van der Waals surface area contributed by atoms with Crippen molar-refractivity contribution < 1.29 is 9.53 Å². The molecule has 70 valence electrons. The molecule has 3 nitrogen and oxygen atoms in total. The predicted molar refractivity (Wildman–Crippen MR) is 46.9 cm³/mol. The third-order valence-electron chi connectivity index (χ3n) is 2.52. The summed E-state index contributed by atoms with van der Waals surface area (Å²) >= 11 is 0. The summed E-state index contributed by atoms with van der Waals surface area (Å²) in [5.74, 6) is 0.484. The Morgan fingerprint density at radius 2 is 2.08 bits per heavy atom. The smallest absolute Gasteiger partial charge is 0.305 e. The van der Waals surface area contributed by atoms with Crippen LogP contribution in [-0.4, -0.2) is 38.1 Å². The number of hydrogen-bond donors (Lipinski definition) is 0. The first-order valence-corrected chi connectivity index (χ1v) is 4.47. The molecule has 3 heteroatoms. The highest BCUT2D eigenvalue weighted by Gasteiger charge is 2.19. The molecule has 0 aliphatic carbocycles. The molecule has 0 aromatic rings. The number of ether oxygens (including phenoxy) is 1. The summed E-state index contributed by atoms with van der Waals surface area (Å²) in [5, 5.41) is 0. The molecule has 1 fully saturated rings. The Balaban J connectivity index is 2.21. The van der Waals surface area contributed by atoms with Crippen LogP contribution in [0.3, 0.4) is 0 Å². The molecule has 0 N–H and O–H groups in total. The summed E-state index contributed by atoms with van der Waals surface area (Å²) in [7, 11) is 3.58. The molecule has 0 saturated carbocycles. The van der Waals surface area contributed by atoms with Gasteiger partial charge in [0.2, 0.25) is 0 Å². The van der Waals surface area contributed by atoms with Gasteiger partial charge in [-0.3, -0.25) is 4.79 Å². The Hall–Kier alpha value is -0.570. The highest BCUT2D eigenvalue weighted by Crippen LogP contribution is 2.19. The van der Waals surface area contributed by atoms with E-state index in [0.29, 0.717) is 12.3 Å². The van der Waals surface area contributed by atoms with Crippen molar-refractivity contribution in [3.63, 3.8) is 0 Å². The lowest BCUT2D eigenvalue weighted by atomic mass is 9.94. The highest BCUT2D eigenvalue weighted by atomic mass is 16.5. The van der Waals surface area contributed by atoms with E-state index >= 15 is 0 Å². The largest absolute Gasteiger partial charge is 0.469 e. The quantitative estimate of drug-likeness (QED) is 0.578. The zero-order valence-corrected chi connectivity index (χ0v) is 7.88. The van der Waals surface area contributed by atoms with Gasteiger partial charge in [-0.2, -0.15) is 0 Å². The van der Waals surface area contributed by atoms with Gasteiger partial charge in [0, 0.05) is 6.42 Å². The molecule has 0 amide bonds. The lowest BCUT2D eigenvalue weighted by Crippen LogP contribution is -2.31. The third kappa shape index (κ3) is 2.81. The zero-order chi connectivity index (χ0) is 8.97. The molecule has 1 heterocycles. The van der Waals surface area contributed by atoms with Crippen molar-refractivity contribution in [1.82, 2.24) is 4.90 Å². The van der Waals surface area contributed by atoms with Gasteiger partial charge in [-0.1, -0.05) is 0 Å². The van der Waals surface area contributed by atoms with Gasteiger partial charge in [0.05, 0.1) is 7.11 Å². The average Bonchev–Trinajstić information content (AvgIpc) is 2.09. The van der Waals surface area contributed by atoms with E-state index < -0.39 is 0 Å². The van der Waals surface area contributed by atoms with Crippen LogP contribution in [-0.2, 0) is 9.53 Å². The minimum atomic E-state index is -0.0652. The second-order valence-corrected chi connectivity index (χ2v) is 3.53. The number of hydrogen-bond acceptors (Lipinski definition) is 3. The Bertz CT molecular complexity index is 151. The number of nitrogens with zero attached hydrogens (tertiary/aromatic N) is 1. The van der Waals surface area contributed by atoms with Crippen LogP contribution in [0, 0.1) is 5.92 Å². The highest BCUT2D eigenvalue weighted by molar-refractivity contribution is 5.69. The standard InChI is InChI=1S/C9H17NO2/c1-10-5-3-8(4-6-10)7-9(11)12-2/h8H,3-7H2,1-2H3. The zero-order valence-electron chi connectivity index (χ0n) is 7.88. The summed E-state index contributed by atoms with van der Waals surface area (Å²) in [6.45, 7) is 2.23. The molecule has 1 saturated heterocycles. The molecule has 0 bridgehead atoms. The van der Waals surface area contributed by atoms with E-state index in [1.807, 2.05) is 0 Å². The first-order valence-electron chi connectivity index (χ1n) is 4.47. The third-order valence-corrected chi connectivity index (χ3v) is 2.52. The molecule has 1 rings (SSSR count). The van der Waals surface area contributed by atoms with Gasteiger partial charge in [0.15, 0.2) is 0 Å². The number of likely N-dealkylation sites (tertiary alicyclic amines) is 1. The van der Waals surface area contributed by atoms with E-state index in [4.69, 9.17) is 0 Å². The van der Waals surface area contributed by atoms with Gasteiger partial charge in [0.25, 0.3) is 0 Å². The van der Waals surface area contributed by atoms with Crippen molar-refractivity contribution in [3.8, 4) is 0 Å². The van der Waals surface area contributed by atoms with Crippen molar-refractivity contribution >= 4 is 5.97 Å². The number of carbonyl (C=O) groups is 1. The fourth-order valence-corrected chi connectivity index (χ4v) is 1.59. The molecule has 0 unspecified atom stereocenters. The van der Waals surface area contributed by atoms with Gasteiger partial charge in [0.1, 0.15) is 0 Å². The molecule has 0 aromatic carbocycles. The van der Waals surface area contributed by atoms with Crippen LogP contribution in [0.5, 0.6) is 0 Å². The second kappa shape index (κ2) is 4.45. The van der Waals surface area contributed by atoms with Gasteiger partial charge in [-0.25, -0.2) is 0 Å². The molecule has 12 heavy (non-hydrogen) atoms. The summed E-state index contributed by atoms with van der Waals surface area (Å²) < 4.78 is 4.63. The van der Waals surface area contributed by atoms with E-state index in [1.165, 1.54) is 7.11 Å². The SMILES string of the molecule is COC(=O)CC1CCN(C)CC1. The average molecular weight is 171 g/mol. The molecular weight excluding hydrogens is 154 g/mol. The number of rotatable bonds is 2. The van der Waals surface area contributed by atoms with E-state index in [1.54, 1.807) is 0 Å². The maximum absolute atomic E-state index is 10.9. The van der Waals surface area contributed by atoms with Crippen LogP contribution in [0.4, 0.5) is 0 Å². The Morgan fingerprint density at radius 1 is 1.50 bits per heavy atom. The summed E-state index contributed by atoms with van der Waals surface area (Å²) in [4.78, 5) is 13.2. The van der Waals surface area contributed by atoms with Crippen LogP contribution in [0.25, 0.3) is 0 Å². The normalized spacial score (nSPS) is 20.8. The van der Waals surface area contributed by atoms with Crippen molar-refractivity contribution in [2.24, 2.45) is 5.92 Å². The number of piperidine rings is 1. The topological polar surface area (TPSA) is 29.5 Å². The fourth-order valence-electron chi connectivity index (χ4n) is 1.59. The van der Waals surface area contributed by atoms with E-state index in [9.17, 15) is 4.79 Å². The first kappa shape index (κ1) is 9.52. The Labute approximate surface area is 73.7 Å². The predicted octanol–water partition coefficient (Wildman–Crippen LogP) is 0.891. The second-order valence-electron chi connectivity index (χ2n) is 3.53. The van der Waals surface area contributed by atoms with Crippen LogP contribution in [0.2, 0.25) is 0 Å². The minimum Gasteiger partial charge on any atom is -0.469 e. The molecule has 0 atom stereocenters. The van der Waals surface area contributed by atoms with Crippen LogP contribution < -0.4 is 0 Å². The minimum absolute atomic E-state index is 0.0652. The fraction of sp³-hybridized carbons (Fsp3) is 0.889. The lowest BCUT2D eigenvalue weighted by Gasteiger charge is -2.28. The van der Waals surface area contributed by atoms with Gasteiger partial charge in [-0.05, 0) is 38.9 Å². The first-order chi connectivity index (χ1) is 5.72. The molecule has 1 aliphatic heterocycles. The molecule has 0 spiro atoms. The molecular formula is C9H17NO2. The maximum atomic E-state index is 10.9. The Morgan fingerprint density at radius 3 is 2.58 bits per heavy atom. The van der Waals surface area contributed by atoms with Crippen LogP contribution in [0.1, 0.15) is 19.3 Å². The van der Waals surface area contributed by atoms with Crippen molar-refractivity contribution in [2.45, 2.75) is 19.3 Å². The van der Waals surface area contributed by atoms with Crippen molar-refractivity contribution in [2.75, 3.05) is 27.2 Å². The van der Waals surface area contributed by atoms with E-state index in [0.717, 1.165) is 25.9 Å². The summed E-state index contributed by atoms with van der Waals surface area (Å²) in [6, 6.07) is 0. The van der Waals surface area contributed by atoms with Gasteiger partial charge >= 0.3 is 5.97 Å². The monoisotopic (exact) mass is 171 g/mol. The van der Waals surface area contributed by atoms with Crippen molar-refractivity contribution in [3.05, 3.63) is 0 Å². The summed E-state index contributed by atoms with van der Waals surface area (Å²) in [6.07, 6.45) is 2.86. The maximum Gasteiger partial charge on any atom is 0.305 e. The van der Waals surface area contributed by atoms with Gasteiger partial charge < -0.3 is 9.64 Å².